The number of aryl methyl sites for hydroxylation is 1. The fourth-order valence-electron chi connectivity index (χ4n) is 3.34. The van der Waals surface area contributed by atoms with Crippen molar-refractivity contribution in [2.45, 2.75) is 31.7 Å². The van der Waals surface area contributed by atoms with E-state index in [0.717, 1.165) is 11.3 Å². The van der Waals surface area contributed by atoms with E-state index in [1.54, 1.807) is 12.1 Å². The SMILES string of the molecule is Cc1ccc(C(=O)N2CCC[C@]2(Cc2ccccc2)C(=O)O)cn1. The first-order valence-electron chi connectivity index (χ1n) is 8.05. The van der Waals surface area contributed by atoms with Gasteiger partial charge < -0.3 is 10.0 Å². The second-order valence-corrected chi connectivity index (χ2v) is 6.25. The Labute approximate surface area is 140 Å². The van der Waals surface area contributed by atoms with Crippen LogP contribution >= 0.6 is 0 Å². The minimum atomic E-state index is -1.19. The van der Waals surface area contributed by atoms with E-state index in [2.05, 4.69) is 4.98 Å². The minimum absolute atomic E-state index is 0.265. The second kappa shape index (κ2) is 6.43. The number of aliphatic carboxylic acids is 1. The van der Waals surface area contributed by atoms with Crippen molar-refractivity contribution in [3.8, 4) is 0 Å². The molecule has 3 rings (SSSR count). The van der Waals surface area contributed by atoms with Crippen molar-refractivity contribution in [1.82, 2.24) is 9.88 Å². The van der Waals surface area contributed by atoms with Gasteiger partial charge in [0.05, 0.1) is 5.56 Å². The number of carboxylic acid groups (broad SMARTS) is 1. The Morgan fingerprint density at radius 3 is 2.58 bits per heavy atom. The molecule has 5 nitrogen and oxygen atoms in total. The second-order valence-electron chi connectivity index (χ2n) is 6.25. The van der Waals surface area contributed by atoms with Crippen LogP contribution in [0.5, 0.6) is 0 Å². The van der Waals surface area contributed by atoms with Crippen LogP contribution in [0.4, 0.5) is 0 Å². The average molecular weight is 324 g/mol. The topological polar surface area (TPSA) is 70.5 Å². The monoisotopic (exact) mass is 324 g/mol. The van der Waals surface area contributed by atoms with Gasteiger partial charge in [0, 0.05) is 24.9 Å². The average Bonchev–Trinajstić information content (AvgIpc) is 3.01. The van der Waals surface area contributed by atoms with Crippen LogP contribution in [0.2, 0.25) is 0 Å². The van der Waals surface area contributed by atoms with Gasteiger partial charge in [-0.2, -0.15) is 0 Å². The van der Waals surface area contributed by atoms with Crippen LogP contribution in [0.15, 0.2) is 48.7 Å². The van der Waals surface area contributed by atoms with E-state index >= 15 is 0 Å². The molecule has 24 heavy (non-hydrogen) atoms. The van der Waals surface area contributed by atoms with Crippen molar-refractivity contribution in [3.63, 3.8) is 0 Å². The van der Waals surface area contributed by atoms with Gasteiger partial charge in [-0.1, -0.05) is 30.3 Å². The Morgan fingerprint density at radius 1 is 1.21 bits per heavy atom. The number of carboxylic acids is 1. The summed E-state index contributed by atoms with van der Waals surface area (Å²) in [6.07, 6.45) is 2.98. The molecule has 2 aromatic rings. The summed E-state index contributed by atoms with van der Waals surface area (Å²) in [6, 6.07) is 12.9. The van der Waals surface area contributed by atoms with E-state index in [-0.39, 0.29) is 5.91 Å². The standard InChI is InChI=1S/C19H20N2O3/c1-14-8-9-16(13-20-14)17(22)21-11-5-10-19(21,18(23)24)12-15-6-3-2-4-7-15/h2-4,6-9,13H,5,10-12H2,1H3,(H,23,24)/t19-/m0/s1. The predicted molar refractivity (Wildman–Crippen MR) is 89.8 cm³/mol. The van der Waals surface area contributed by atoms with Gasteiger partial charge in [0.15, 0.2) is 0 Å². The summed E-state index contributed by atoms with van der Waals surface area (Å²) in [5, 5.41) is 9.93. The van der Waals surface area contributed by atoms with Crippen LogP contribution in [0, 0.1) is 6.92 Å². The summed E-state index contributed by atoms with van der Waals surface area (Å²) in [7, 11) is 0. The van der Waals surface area contributed by atoms with E-state index in [0.29, 0.717) is 31.4 Å². The Hall–Kier alpha value is -2.69. The van der Waals surface area contributed by atoms with Crippen LogP contribution in [0.1, 0.15) is 34.5 Å². The number of hydrogen-bond donors (Lipinski definition) is 1. The molecule has 1 N–H and O–H groups in total. The highest BCUT2D eigenvalue weighted by Gasteiger charge is 2.50. The third-order valence-corrected chi connectivity index (χ3v) is 4.63. The summed E-state index contributed by atoms with van der Waals surface area (Å²) in [6.45, 7) is 2.30. The summed E-state index contributed by atoms with van der Waals surface area (Å²) in [5.74, 6) is -1.21. The van der Waals surface area contributed by atoms with E-state index in [4.69, 9.17) is 0 Å². The fourth-order valence-corrected chi connectivity index (χ4v) is 3.34. The molecule has 0 bridgehead atoms. The molecule has 0 radical (unpaired) electrons. The molecule has 1 saturated heterocycles. The first-order valence-corrected chi connectivity index (χ1v) is 8.05. The van der Waals surface area contributed by atoms with Gasteiger partial charge in [-0.3, -0.25) is 9.78 Å². The molecule has 1 amide bonds. The van der Waals surface area contributed by atoms with Gasteiger partial charge in [-0.15, -0.1) is 0 Å². The summed E-state index contributed by atoms with van der Waals surface area (Å²) < 4.78 is 0. The Kier molecular flexibility index (Phi) is 4.34. The fraction of sp³-hybridized carbons (Fsp3) is 0.316. The van der Waals surface area contributed by atoms with Crippen molar-refractivity contribution in [2.75, 3.05) is 6.54 Å². The molecule has 0 spiro atoms. The molecule has 1 atom stereocenters. The van der Waals surface area contributed by atoms with Crippen LogP contribution in [0.3, 0.4) is 0 Å². The number of pyridine rings is 1. The lowest BCUT2D eigenvalue weighted by Gasteiger charge is -2.35. The first kappa shape index (κ1) is 16.2. The molecule has 124 valence electrons. The predicted octanol–water partition coefficient (Wildman–Crippen LogP) is 2.69. The van der Waals surface area contributed by atoms with Crippen LogP contribution in [-0.2, 0) is 11.2 Å². The Morgan fingerprint density at radius 2 is 1.96 bits per heavy atom. The molecule has 1 aliphatic heterocycles. The number of aromatic nitrogens is 1. The zero-order valence-corrected chi connectivity index (χ0v) is 13.6. The van der Waals surface area contributed by atoms with Gasteiger partial charge >= 0.3 is 5.97 Å². The highest BCUT2D eigenvalue weighted by Crippen LogP contribution is 2.34. The number of likely N-dealkylation sites (tertiary alicyclic amines) is 1. The number of carbonyl (C=O) groups excluding carboxylic acids is 1. The molecule has 5 heteroatoms. The van der Waals surface area contributed by atoms with E-state index in [9.17, 15) is 14.7 Å². The number of amides is 1. The van der Waals surface area contributed by atoms with Gasteiger partial charge in [0.25, 0.3) is 5.91 Å². The highest BCUT2D eigenvalue weighted by molar-refractivity contribution is 5.98. The summed E-state index contributed by atoms with van der Waals surface area (Å²) in [4.78, 5) is 30.7. The van der Waals surface area contributed by atoms with Crippen LogP contribution in [-0.4, -0.2) is 39.0 Å². The van der Waals surface area contributed by atoms with E-state index < -0.39 is 11.5 Å². The molecular weight excluding hydrogens is 304 g/mol. The number of nitrogens with zero attached hydrogens (tertiary/aromatic N) is 2. The molecule has 0 aliphatic carbocycles. The largest absolute Gasteiger partial charge is 0.479 e. The molecular formula is C19H20N2O3. The molecule has 1 aliphatic rings. The van der Waals surface area contributed by atoms with E-state index in [1.165, 1.54) is 11.1 Å². The summed E-state index contributed by atoms with van der Waals surface area (Å²) >= 11 is 0. The zero-order chi connectivity index (χ0) is 17.2. The molecule has 0 saturated carbocycles. The van der Waals surface area contributed by atoms with Crippen molar-refractivity contribution in [3.05, 3.63) is 65.5 Å². The Bertz CT molecular complexity index is 743. The number of hydrogen-bond acceptors (Lipinski definition) is 3. The lowest BCUT2D eigenvalue weighted by Crippen LogP contribution is -2.54. The highest BCUT2D eigenvalue weighted by atomic mass is 16.4. The zero-order valence-electron chi connectivity index (χ0n) is 13.6. The normalized spacial score (nSPS) is 20.1. The van der Waals surface area contributed by atoms with Crippen LogP contribution in [0.25, 0.3) is 0 Å². The van der Waals surface area contributed by atoms with Gasteiger partial charge in [-0.25, -0.2) is 4.79 Å². The lowest BCUT2D eigenvalue weighted by atomic mass is 9.87. The lowest BCUT2D eigenvalue weighted by molar-refractivity contribution is -0.148. The Balaban J connectivity index is 1.94. The first-order chi connectivity index (χ1) is 11.5. The molecule has 1 fully saturated rings. The van der Waals surface area contributed by atoms with Crippen molar-refractivity contribution >= 4 is 11.9 Å². The molecule has 1 aromatic heterocycles. The smallest absolute Gasteiger partial charge is 0.329 e. The number of benzene rings is 1. The molecule has 0 unspecified atom stereocenters. The van der Waals surface area contributed by atoms with E-state index in [1.807, 2.05) is 37.3 Å². The third kappa shape index (κ3) is 2.89. The van der Waals surface area contributed by atoms with Gasteiger partial charge in [0.2, 0.25) is 0 Å². The minimum Gasteiger partial charge on any atom is -0.479 e. The van der Waals surface area contributed by atoms with Gasteiger partial charge in [-0.05, 0) is 37.5 Å². The maximum absolute atomic E-state index is 12.9. The van der Waals surface area contributed by atoms with Gasteiger partial charge in [0.1, 0.15) is 5.54 Å². The number of rotatable bonds is 4. The van der Waals surface area contributed by atoms with Crippen molar-refractivity contribution in [1.29, 1.82) is 0 Å². The molecule has 1 aromatic carbocycles. The van der Waals surface area contributed by atoms with Crippen molar-refractivity contribution < 1.29 is 14.7 Å². The van der Waals surface area contributed by atoms with Crippen molar-refractivity contribution in [2.24, 2.45) is 0 Å². The maximum Gasteiger partial charge on any atom is 0.329 e. The maximum atomic E-state index is 12.9. The van der Waals surface area contributed by atoms with Crippen LogP contribution < -0.4 is 0 Å². The number of carbonyl (C=O) groups is 2. The molecule has 2 heterocycles. The quantitative estimate of drug-likeness (QED) is 0.939. The third-order valence-electron chi connectivity index (χ3n) is 4.63. The summed E-state index contributed by atoms with van der Waals surface area (Å²) in [5.41, 5.74) is 0.980.